The Kier molecular flexibility index (Phi) is 10.8. The third-order valence-corrected chi connectivity index (χ3v) is 6.08. The van der Waals surface area contributed by atoms with Crippen LogP contribution in [0.15, 0.2) is 53.3 Å². The van der Waals surface area contributed by atoms with E-state index in [9.17, 15) is 46.1 Å². The van der Waals surface area contributed by atoms with Crippen LogP contribution in [0.4, 0.5) is 26.3 Å². The Hall–Kier alpha value is -3.44. The lowest BCUT2D eigenvalue weighted by Gasteiger charge is -2.22. The van der Waals surface area contributed by atoms with E-state index in [0.717, 1.165) is 18.2 Å². The van der Waals surface area contributed by atoms with E-state index < -0.39 is 61.2 Å². The van der Waals surface area contributed by atoms with Gasteiger partial charge in [-0.25, -0.2) is 9.48 Å². The molecule has 42 heavy (non-hydrogen) atoms. The Bertz CT molecular complexity index is 1410. The quantitative estimate of drug-likeness (QED) is 0.180. The second-order valence-corrected chi connectivity index (χ2v) is 9.33. The molecule has 0 saturated carbocycles. The highest BCUT2D eigenvalue weighted by molar-refractivity contribution is 6.30. The summed E-state index contributed by atoms with van der Waals surface area (Å²) in [5.41, 5.74) is -2.03. The number of alkyl halides is 6. The number of carbonyl (C=O) groups excluding carboxylic acids is 1. The normalized spacial score (nSPS) is 14.4. The number of ether oxygens (including phenoxy) is 1. The second kappa shape index (κ2) is 13.7. The molecule has 230 valence electrons. The summed E-state index contributed by atoms with van der Waals surface area (Å²) in [5.74, 6) is -1.25. The van der Waals surface area contributed by atoms with Crippen molar-refractivity contribution < 1.29 is 46.1 Å². The maximum atomic E-state index is 13.3. The van der Waals surface area contributed by atoms with Crippen LogP contribution in [0.2, 0.25) is 5.02 Å². The minimum absolute atomic E-state index is 0.0117. The maximum Gasteiger partial charge on any atom is 0.416 e. The van der Waals surface area contributed by atoms with Crippen molar-refractivity contribution in [3.63, 3.8) is 0 Å². The van der Waals surface area contributed by atoms with Gasteiger partial charge in [0.15, 0.2) is 11.9 Å². The first-order valence-electron chi connectivity index (χ1n) is 12.3. The Balaban J connectivity index is 1.92. The number of rotatable bonds is 12. The average molecular weight is 626 g/mol. The van der Waals surface area contributed by atoms with Gasteiger partial charge in [-0.3, -0.25) is 14.7 Å². The van der Waals surface area contributed by atoms with Gasteiger partial charge in [0.1, 0.15) is 6.54 Å². The van der Waals surface area contributed by atoms with Gasteiger partial charge in [0.05, 0.1) is 18.2 Å². The van der Waals surface area contributed by atoms with E-state index in [2.05, 4.69) is 15.7 Å². The lowest BCUT2D eigenvalue weighted by atomic mass is 10.0. The van der Waals surface area contributed by atoms with Crippen LogP contribution in [0.1, 0.15) is 24.1 Å². The lowest BCUT2D eigenvalue weighted by Crippen LogP contribution is -2.43. The molecular weight excluding hydrogens is 600 g/mol. The molecule has 4 N–H and O–H groups in total. The number of aliphatic hydroxyl groups is 2. The van der Waals surface area contributed by atoms with Crippen molar-refractivity contribution in [2.75, 3.05) is 13.2 Å². The minimum atomic E-state index is -5.06. The zero-order valence-electron chi connectivity index (χ0n) is 21.8. The van der Waals surface area contributed by atoms with E-state index in [1.165, 1.54) is 30.3 Å². The van der Waals surface area contributed by atoms with Crippen LogP contribution in [-0.4, -0.2) is 62.3 Å². The first kappa shape index (κ1) is 33.1. The lowest BCUT2D eigenvalue weighted by molar-refractivity contribution is -0.207. The van der Waals surface area contributed by atoms with Crippen molar-refractivity contribution in [2.24, 2.45) is 0 Å². The molecular formula is C25H26ClF6N5O5. The predicted molar refractivity (Wildman–Crippen MR) is 137 cm³/mol. The number of hydrogen-bond acceptors (Lipinski definition) is 7. The number of halogens is 7. The monoisotopic (exact) mass is 625 g/mol. The summed E-state index contributed by atoms with van der Waals surface area (Å²) in [6, 6.07) is 8.36. The van der Waals surface area contributed by atoms with Crippen molar-refractivity contribution in [2.45, 2.75) is 50.9 Å². The molecule has 2 aromatic carbocycles. The highest BCUT2D eigenvalue weighted by atomic mass is 35.5. The van der Waals surface area contributed by atoms with Gasteiger partial charge in [-0.1, -0.05) is 23.7 Å². The molecule has 0 aliphatic rings. The van der Waals surface area contributed by atoms with E-state index in [4.69, 9.17) is 16.3 Å². The van der Waals surface area contributed by atoms with E-state index in [0.29, 0.717) is 9.25 Å². The number of amides is 1. The summed E-state index contributed by atoms with van der Waals surface area (Å²) in [4.78, 5) is 26.0. The highest BCUT2D eigenvalue weighted by Gasteiger charge is 2.39. The topological polar surface area (TPSA) is 131 Å². The molecule has 0 aliphatic heterocycles. The molecule has 0 saturated heterocycles. The van der Waals surface area contributed by atoms with E-state index in [1.54, 1.807) is 6.92 Å². The van der Waals surface area contributed by atoms with Crippen LogP contribution in [0.25, 0.3) is 11.4 Å². The van der Waals surface area contributed by atoms with Crippen LogP contribution in [0.5, 0.6) is 0 Å². The fourth-order valence-corrected chi connectivity index (χ4v) is 3.92. The van der Waals surface area contributed by atoms with Gasteiger partial charge >= 0.3 is 18.0 Å². The van der Waals surface area contributed by atoms with Crippen molar-refractivity contribution >= 4 is 17.5 Å². The number of aliphatic hydroxyl groups excluding tert-OH is 2. The largest absolute Gasteiger partial charge is 0.416 e. The zero-order chi connectivity index (χ0) is 31.2. The van der Waals surface area contributed by atoms with Gasteiger partial charge in [0.25, 0.3) is 0 Å². The van der Waals surface area contributed by atoms with E-state index >= 15 is 0 Å². The Morgan fingerprint density at radius 2 is 1.76 bits per heavy atom. The summed E-state index contributed by atoms with van der Waals surface area (Å²) in [7, 11) is 0. The standard InChI is InChI=1S/C25H26ClF6N5O5/c1-2-42-22(40)33-11-18(15-4-3-5-16(10-15)24(27,28)29)34-20(39)13-37-23(41)36(12-19(38)25(30,31)32)21(35-37)14-6-8-17(26)9-7-14/h3-10,18-19,22,33,38,40H,2,11-13H2,1H3,(H,34,39). The molecule has 0 radical (unpaired) electrons. The molecule has 0 bridgehead atoms. The molecule has 3 atom stereocenters. The second-order valence-electron chi connectivity index (χ2n) is 8.90. The third kappa shape index (κ3) is 8.78. The van der Waals surface area contributed by atoms with Gasteiger partial charge in [-0.2, -0.15) is 26.3 Å². The molecule has 1 amide bonds. The molecule has 3 aromatic rings. The van der Waals surface area contributed by atoms with Crippen LogP contribution < -0.4 is 16.3 Å². The number of nitrogens with one attached hydrogen (secondary N) is 2. The first-order chi connectivity index (χ1) is 19.6. The SMILES string of the molecule is CCOC(O)NCC(NC(=O)Cn1nc(-c2ccc(Cl)cc2)n(CC(O)C(F)(F)F)c1=O)c1cccc(C(F)(F)F)c1. The molecule has 3 rings (SSSR count). The molecule has 0 aliphatic carbocycles. The summed E-state index contributed by atoms with van der Waals surface area (Å²) in [6.07, 6.45) is -14.2. The van der Waals surface area contributed by atoms with Crippen LogP contribution >= 0.6 is 11.6 Å². The van der Waals surface area contributed by atoms with Gasteiger partial charge in [-0.15, -0.1) is 5.10 Å². The predicted octanol–water partition coefficient (Wildman–Crippen LogP) is 3.07. The van der Waals surface area contributed by atoms with E-state index in [1.807, 2.05) is 0 Å². The number of carbonyl (C=O) groups is 1. The third-order valence-electron chi connectivity index (χ3n) is 5.82. The molecule has 17 heteroatoms. The average Bonchev–Trinajstić information content (AvgIpc) is 3.20. The van der Waals surface area contributed by atoms with E-state index in [-0.39, 0.29) is 35.1 Å². The zero-order valence-corrected chi connectivity index (χ0v) is 22.5. The van der Waals surface area contributed by atoms with Gasteiger partial charge in [-0.05, 0) is 48.9 Å². The summed E-state index contributed by atoms with van der Waals surface area (Å²) in [6.45, 7) is -0.712. The highest BCUT2D eigenvalue weighted by Crippen LogP contribution is 2.31. The Morgan fingerprint density at radius 1 is 1.10 bits per heavy atom. The van der Waals surface area contributed by atoms with Crippen LogP contribution in [0, 0.1) is 0 Å². The molecule has 3 unspecified atom stereocenters. The van der Waals surface area contributed by atoms with Crippen molar-refractivity contribution in [3.8, 4) is 11.4 Å². The smallest absolute Gasteiger partial charge is 0.382 e. The van der Waals surface area contributed by atoms with Gasteiger partial charge in [0, 0.05) is 23.7 Å². The Labute approximate surface area is 239 Å². The first-order valence-corrected chi connectivity index (χ1v) is 12.7. The fourth-order valence-electron chi connectivity index (χ4n) is 3.79. The minimum Gasteiger partial charge on any atom is -0.382 e. The summed E-state index contributed by atoms with van der Waals surface area (Å²) in [5, 5.41) is 28.6. The van der Waals surface area contributed by atoms with Crippen LogP contribution in [-0.2, 0) is 28.8 Å². The molecule has 1 heterocycles. The van der Waals surface area contributed by atoms with Crippen LogP contribution in [0.3, 0.4) is 0 Å². The number of benzene rings is 2. The van der Waals surface area contributed by atoms with Gasteiger partial charge in [0.2, 0.25) is 12.3 Å². The maximum absolute atomic E-state index is 13.3. The van der Waals surface area contributed by atoms with Gasteiger partial charge < -0.3 is 20.3 Å². The van der Waals surface area contributed by atoms with Crippen molar-refractivity contribution in [3.05, 3.63) is 75.2 Å². The molecule has 10 nitrogen and oxygen atoms in total. The fraction of sp³-hybridized carbons (Fsp3) is 0.400. The molecule has 0 spiro atoms. The van der Waals surface area contributed by atoms with Crippen molar-refractivity contribution in [1.82, 2.24) is 25.0 Å². The summed E-state index contributed by atoms with van der Waals surface area (Å²) < 4.78 is 85.1. The number of nitrogens with zero attached hydrogens (tertiary/aromatic N) is 3. The molecule has 0 fully saturated rings. The molecule has 1 aromatic heterocycles. The number of hydrogen-bond donors (Lipinski definition) is 4. The van der Waals surface area contributed by atoms with Crippen molar-refractivity contribution in [1.29, 1.82) is 0 Å². The summed E-state index contributed by atoms with van der Waals surface area (Å²) >= 11 is 5.86. The Morgan fingerprint density at radius 3 is 2.36 bits per heavy atom. The number of aromatic nitrogens is 3.